The Morgan fingerprint density at radius 1 is 1.24 bits per heavy atom. The van der Waals surface area contributed by atoms with Gasteiger partial charge in [-0.15, -0.1) is 24.0 Å². The number of nitrogens with two attached hydrogens (primary N) is 1. The van der Waals surface area contributed by atoms with Gasteiger partial charge in [0, 0.05) is 17.6 Å². The Bertz CT molecular complexity index is 477. The molecule has 1 rings (SSSR count). The number of nitrogens with one attached hydrogen (secondary N) is 2. The van der Waals surface area contributed by atoms with Crippen molar-refractivity contribution in [3.63, 3.8) is 0 Å². The van der Waals surface area contributed by atoms with Crippen LogP contribution >= 0.6 is 24.0 Å². The Hall–Kier alpha value is -1.31. The van der Waals surface area contributed by atoms with Crippen LogP contribution in [0.15, 0.2) is 29.3 Å². The molecule has 0 bridgehead atoms. The molecule has 0 fully saturated rings. The lowest BCUT2D eigenvalue weighted by atomic mass is 10.1. The summed E-state index contributed by atoms with van der Waals surface area (Å²) >= 11 is 0. The van der Waals surface area contributed by atoms with Gasteiger partial charge in [-0.1, -0.05) is 12.1 Å². The minimum atomic E-state index is -0.102. The zero-order chi connectivity index (χ0) is 15.2. The van der Waals surface area contributed by atoms with Crippen LogP contribution in [-0.4, -0.2) is 24.0 Å². The summed E-state index contributed by atoms with van der Waals surface area (Å²) in [6, 6.07) is 7.36. The summed E-state index contributed by atoms with van der Waals surface area (Å²) < 4.78 is 0. The highest BCUT2D eigenvalue weighted by molar-refractivity contribution is 14.0. The second kappa shape index (κ2) is 8.86. The van der Waals surface area contributed by atoms with Crippen LogP contribution in [0.5, 0.6) is 0 Å². The average Bonchev–Trinajstić information content (AvgIpc) is 2.35. The zero-order valence-electron chi connectivity index (χ0n) is 13.1. The molecule has 1 aromatic carbocycles. The lowest BCUT2D eigenvalue weighted by Crippen LogP contribution is -2.44. The monoisotopic (exact) mass is 404 g/mol. The first kappa shape index (κ1) is 19.7. The van der Waals surface area contributed by atoms with Gasteiger partial charge in [-0.25, -0.2) is 4.99 Å². The van der Waals surface area contributed by atoms with Crippen molar-refractivity contribution in [1.82, 2.24) is 10.6 Å². The summed E-state index contributed by atoms with van der Waals surface area (Å²) in [6.07, 6.45) is 0. The van der Waals surface area contributed by atoms with Crippen LogP contribution in [-0.2, 0) is 6.54 Å². The van der Waals surface area contributed by atoms with Crippen molar-refractivity contribution in [3.05, 3.63) is 35.4 Å². The van der Waals surface area contributed by atoms with Gasteiger partial charge in [0.25, 0.3) is 5.91 Å². The van der Waals surface area contributed by atoms with E-state index in [0.29, 0.717) is 24.6 Å². The molecule has 1 amide bonds. The fourth-order valence-corrected chi connectivity index (χ4v) is 1.62. The van der Waals surface area contributed by atoms with Gasteiger partial charge in [0.15, 0.2) is 5.96 Å². The Kier molecular flexibility index (Phi) is 8.31. The third-order valence-electron chi connectivity index (χ3n) is 2.49. The number of halogens is 1. The third kappa shape index (κ3) is 7.89. The quantitative estimate of drug-likeness (QED) is 0.409. The highest BCUT2D eigenvalue weighted by atomic mass is 127. The van der Waals surface area contributed by atoms with Crippen LogP contribution in [0.1, 0.15) is 43.6 Å². The number of guanidine groups is 1. The summed E-state index contributed by atoms with van der Waals surface area (Å²) in [4.78, 5) is 15.9. The van der Waals surface area contributed by atoms with Gasteiger partial charge in [0.2, 0.25) is 0 Å². The number of nitrogens with zero attached hydrogens (tertiary/aromatic N) is 1. The van der Waals surface area contributed by atoms with E-state index >= 15 is 0 Å². The molecule has 0 heterocycles. The van der Waals surface area contributed by atoms with Gasteiger partial charge in [0.1, 0.15) is 0 Å². The van der Waals surface area contributed by atoms with Crippen LogP contribution in [0.3, 0.4) is 0 Å². The first-order chi connectivity index (χ1) is 9.31. The molecule has 0 spiro atoms. The van der Waals surface area contributed by atoms with Crippen molar-refractivity contribution in [3.8, 4) is 0 Å². The fourth-order valence-electron chi connectivity index (χ4n) is 1.62. The molecule has 4 N–H and O–H groups in total. The Morgan fingerprint density at radius 2 is 1.81 bits per heavy atom. The van der Waals surface area contributed by atoms with Crippen LogP contribution < -0.4 is 16.4 Å². The maximum absolute atomic E-state index is 11.6. The third-order valence-corrected chi connectivity index (χ3v) is 2.49. The molecule has 0 aliphatic heterocycles. The summed E-state index contributed by atoms with van der Waals surface area (Å²) in [6.45, 7) is 9.08. The highest BCUT2D eigenvalue weighted by Crippen LogP contribution is 2.06. The molecule has 5 nitrogen and oxygen atoms in total. The minimum Gasteiger partial charge on any atom is -0.370 e. The van der Waals surface area contributed by atoms with Crippen molar-refractivity contribution < 1.29 is 4.79 Å². The van der Waals surface area contributed by atoms with Crippen molar-refractivity contribution in [2.24, 2.45) is 10.7 Å². The van der Waals surface area contributed by atoms with Crippen molar-refractivity contribution in [1.29, 1.82) is 0 Å². The molecular weight excluding hydrogens is 379 g/mol. The molecule has 0 atom stereocenters. The van der Waals surface area contributed by atoms with Crippen LogP contribution in [0.25, 0.3) is 0 Å². The standard InChI is InChI=1S/C15H24N4O.HI/c1-5-17-13(20)12-8-6-11(7-9-12)10-18-14(16)19-15(2,3)4;/h6-9H,5,10H2,1-4H3,(H,17,20)(H3,16,18,19);1H. The van der Waals surface area contributed by atoms with E-state index in [1.807, 2.05) is 39.8 Å². The molecular formula is C15H25IN4O. The SMILES string of the molecule is CCNC(=O)c1ccc(CN=C(N)NC(C)(C)C)cc1.I. The van der Waals surface area contributed by atoms with Crippen molar-refractivity contribution in [2.75, 3.05) is 6.54 Å². The van der Waals surface area contributed by atoms with E-state index in [-0.39, 0.29) is 35.4 Å². The van der Waals surface area contributed by atoms with Gasteiger partial charge in [-0.2, -0.15) is 0 Å². The van der Waals surface area contributed by atoms with Crippen molar-refractivity contribution >= 4 is 35.8 Å². The van der Waals surface area contributed by atoms with E-state index in [2.05, 4.69) is 15.6 Å². The fraction of sp³-hybridized carbons (Fsp3) is 0.467. The number of carbonyl (C=O) groups excluding carboxylic acids is 1. The van der Waals surface area contributed by atoms with Crippen LogP contribution in [0, 0.1) is 0 Å². The number of hydrogen-bond acceptors (Lipinski definition) is 2. The molecule has 118 valence electrons. The van der Waals surface area contributed by atoms with Crippen LogP contribution in [0.2, 0.25) is 0 Å². The van der Waals surface area contributed by atoms with Crippen molar-refractivity contribution in [2.45, 2.75) is 39.8 Å². The lowest BCUT2D eigenvalue weighted by molar-refractivity contribution is 0.0956. The first-order valence-electron chi connectivity index (χ1n) is 6.77. The molecule has 6 heteroatoms. The number of amides is 1. The number of hydrogen-bond donors (Lipinski definition) is 3. The molecule has 0 saturated carbocycles. The smallest absolute Gasteiger partial charge is 0.251 e. The Balaban J connectivity index is 0.00000400. The lowest BCUT2D eigenvalue weighted by Gasteiger charge is -2.20. The molecule has 0 radical (unpaired) electrons. The molecule has 0 aliphatic carbocycles. The van der Waals surface area contributed by atoms with E-state index < -0.39 is 0 Å². The van der Waals surface area contributed by atoms with Gasteiger partial charge in [0.05, 0.1) is 6.54 Å². The number of rotatable bonds is 4. The predicted molar refractivity (Wildman–Crippen MR) is 98.1 cm³/mol. The Labute approximate surface area is 143 Å². The average molecular weight is 404 g/mol. The molecule has 0 aliphatic rings. The molecule has 1 aromatic rings. The normalized spacial score (nSPS) is 11.5. The van der Waals surface area contributed by atoms with E-state index in [1.165, 1.54) is 0 Å². The molecule has 0 saturated heterocycles. The minimum absolute atomic E-state index is 0. The van der Waals surface area contributed by atoms with E-state index in [0.717, 1.165) is 5.56 Å². The summed E-state index contributed by atoms with van der Waals surface area (Å²) in [5.41, 5.74) is 7.36. The van der Waals surface area contributed by atoms with Gasteiger partial charge < -0.3 is 16.4 Å². The van der Waals surface area contributed by atoms with E-state index in [1.54, 1.807) is 12.1 Å². The van der Waals surface area contributed by atoms with E-state index in [4.69, 9.17) is 5.73 Å². The first-order valence-corrected chi connectivity index (χ1v) is 6.77. The summed E-state index contributed by atoms with van der Waals surface area (Å²) in [5.74, 6) is 0.363. The molecule has 21 heavy (non-hydrogen) atoms. The highest BCUT2D eigenvalue weighted by Gasteiger charge is 2.09. The van der Waals surface area contributed by atoms with Gasteiger partial charge in [-0.05, 0) is 45.4 Å². The summed E-state index contributed by atoms with van der Waals surface area (Å²) in [5, 5.41) is 5.86. The Morgan fingerprint density at radius 3 is 2.29 bits per heavy atom. The number of aliphatic imine (C=N–C) groups is 1. The number of carbonyl (C=O) groups is 1. The largest absolute Gasteiger partial charge is 0.370 e. The van der Waals surface area contributed by atoms with Crippen LogP contribution in [0.4, 0.5) is 0 Å². The molecule has 0 aromatic heterocycles. The second-order valence-electron chi connectivity index (χ2n) is 5.63. The van der Waals surface area contributed by atoms with Gasteiger partial charge >= 0.3 is 0 Å². The summed E-state index contributed by atoms with van der Waals surface area (Å²) in [7, 11) is 0. The molecule has 0 unspecified atom stereocenters. The number of benzene rings is 1. The predicted octanol–water partition coefficient (Wildman–Crippen LogP) is 2.26. The second-order valence-corrected chi connectivity index (χ2v) is 5.63. The maximum atomic E-state index is 11.6. The maximum Gasteiger partial charge on any atom is 0.251 e. The van der Waals surface area contributed by atoms with Gasteiger partial charge in [-0.3, -0.25) is 4.79 Å². The van der Waals surface area contributed by atoms with E-state index in [9.17, 15) is 4.79 Å². The zero-order valence-corrected chi connectivity index (χ0v) is 15.4. The topological polar surface area (TPSA) is 79.5 Å².